The molecule has 0 saturated heterocycles. The smallest absolute Gasteiger partial charge is 0.185 e. The van der Waals surface area contributed by atoms with Crippen LogP contribution in [-0.2, 0) is 0 Å². The highest BCUT2D eigenvalue weighted by Gasteiger charge is 2.03. The molecule has 0 unspecified atom stereocenters. The molecule has 102 valence electrons. The Bertz CT molecular complexity index is 633. The van der Waals surface area contributed by atoms with Crippen molar-refractivity contribution in [3.63, 3.8) is 0 Å². The molecule has 0 aliphatic heterocycles. The fourth-order valence-corrected chi connectivity index (χ4v) is 2.61. The van der Waals surface area contributed by atoms with Gasteiger partial charge in [-0.3, -0.25) is 4.79 Å². The van der Waals surface area contributed by atoms with Gasteiger partial charge >= 0.3 is 0 Å². The van der Waals surface area contributed by atoms with Crippen LogP contribution in [0.3, 0.4) is 0 Å². The molecular weight excluding hydrogens is 314 g/mol. The number of halogens is 1. The van der Waals surface area contributed by atoms with Crippen LogP contribution in [0.15, 0.2) is 59.1 Å². The lowest BCUT2D eigenvalue weighted by Gasteiger charge is -2.14. The molecule has 0 aliphatic rings. The molecular formula is C17H16BrNO. The monoisotopic (exact) mass is 329 g/mol. The molecule has 0 fully saturated rings. The Morgan fingerprint density at radius 1 is 1.10 bits per heavy atom. The van der Waals surface area contributed by atoms with Crippen LogP contribution in [0.25, 0.3) is 6.08 Å². The maximum absolute atomic E-state index is 12.0. The average molecular weight is 330 g/mol. The number of anilines is 1. The number of hydrogen-bond acceptors (Lipinski definition) is 2. The third kappa shape index (κ3) is 3.58. The summed E-state index contributed by atoms with van der Waals surface area (Å²) in [4.78, 5) is 14.0. The van der Waals surface area contributed by atoms with Gasteiger partial charge in [0.1, 0.15) is 0 Å². The molecule has 2 nitrogen and oxygen atoms in total. The van der Waals surface area contributed by atoms with Crippen LogP contribution < -0.4 is 4.90 Å². The zero-order valence-electron chi connectivity index (χ0n) is 11.5. The summed E-state index contributed by atoms with van der Waals surface area (Å²) in [5.41, 5.74) is 2.80. The first kappa shape index (κ1) is 14.5. The van der Waals surface area contributed by atoms with E-state index in [1.54, 1.807) is 6.08 Å². The number of benzene rings is 2. The number of rotatable bonds is 4. The maximum atomic E-state index is 12.0. The van der Waals surface area contributed by atoms with Crippen molar-refractivity contribution < 1.29 is 4.79 Å². The summed E-state index contributed by atoms with van der Waals surface area (Å²) in [6.07, 6.45) is 3.44. The Balaban J connectivity index is 2.16. The van der Waals surface area contributed by atoms with Crippen molar-refractivity contribution in [1.82, 2.24) is 0 Å². The van der Waals surface area contributed by atoms with Crippen LogP contribution in [0.5, 0.6) is 0 Å². The molecule has 0 aliphatic carbocycles. The van der Waals surface area contributed by atoms with E-state index in [-0.39, 0.29) is 5.78 Å². The largest absolute Gasteiger partial charge is 0.377 e. The van der Waals surface area contributed by atoms with E-state index in [9.17, 15) is 4.79 Å². The van der Waals surface area contributed by atoms with Crippen LogP contribution in [0.2, 0.25) is 0 Å². The van der Waals surface area contributed by atoms with E-state index in [4.69, 9.17) is 0 Å². The summed E-state index contributed by atoms with van der Waals surface area (Å²) in [5, 5.41) is 0. The molecule has 0 amide bonds. The molecule has 0 bridgehead atoms. The molecule has 2 rings (SSSR count). The van der Waals surface area contributed by atoms with Crippen molar-refractivity contribution >= 4 is 33.5 Å². The van der Waals surface area contributed by atoms with E-state index in [1.807, 2.05) is 73.6 Å². The Morgan fingerprint density at radius 2 is 1.80 bits per heavy atom. The van der Waals surface area contributed by atoms with Crippen LogP contribution >= 0.6 is 15.9 Å². The third-order valence-electron chi connectivity index (χ3n) is 2.94. The van der Waals surface area contributed by atoms with Gasteiger partial charge in [0.2, 0.25) is 0 Å². The fraction of sp³-hybridized carbons (Fsp3) is 0.118. The molecule has 0 saturated carbocycles. The topological polar surface area (TPSA) is 20.3 Å². The normalized spacial score (nSPS) is 10.8. The summed E-state index contributed by atoms with van der Waals surface area (Å²) in [6.45, 7) is 0. The van der Waals surface area contributed by atoms with Crippen molar-refractivity contribution in [2.24, 2.45) is 0 Å². The van der Waals surface area contributed by atoms with Gasteiger partial charge in [0, 0.05) is 24.1 Å². The first-order valence-electron chi connectivity index (χ1n) is 6.32. The van der Waals surface area contributed by atoms with E-state index in [2.05, 4.69) is 15.9 Å². The molecule has 20 heavy (non-hydrogen) atoms. The number of carbonyl (C=O) groups excluding carboxylic acids is 1. The predicted octanol–water partition coefficient (Wildman–Crippen LogP) is 4.41. The Morgan fingerprint density at radius 3 is 2.40 bits per heavy atom. The predicted molar refractivity (Wildman–Crippen MR) is 88.3 cm³/mol. The van der Waals surface area contributed by atoms with Crippen LogP contribution in [-0.4, -0.2) is 19.9 Å². The minimum absolute atomic E-state index is 0.0124. The first-order chi connectivity index (χ1) is 9.58. The van der Waals surface area contributed by atoms with Crippen molar-refractivity contribution in [2.45, 2.75) is 0 Å². The molecule has 0 heterocycles. The van der Waals surface area contributed by atoms with Crippen molar-refractivity contribution in [1.29, 1.82) is 0 Å². The van der Waals surface area contributed by atoms with Gasteiger partial charge in [0.25, 0.3) is 0 Å². The summed E-state index contributed by atoms with van der Waals surface area (Å²) in [6, 6.07) is 15.3. The van der Waals surface area contributed by atoms with Gasteiger partial charge in [0.05, 0.1) is 5.69 Å². The standard InChI is InChI=1S/C17H16BrNO/c1-19(2)16-10-8-13(12-15(16)18)9-11-17(20)14-6-4-3-5-7-14/h3-12H,1-2H3/b11-9-. The number of carbonyl (C=O) groups is 1. The molecule has 0 aromatic heterocycles. The number of ketones is 1. The van der Waals surface area contributed by atoms with Gasteiger partial charge in [0.15, 0.2) is 5.78 Å². The van der Waals surface area contributed by atoms with Gasteiger partial charge in [-0.2, -0.15) is 0 Å². The highest BCUT2D eigenvalue weighted by molar-refractivity contribution is 9.10. The molecule has 0 spiro atoms. The summed E-state index contributed by atoms with van der Waals surface area (Å²) in [7, 11) is 3.99. The summed E-state index contributed by atoms with van der Waals surface area (Å²) < 4.78 is 1.01. The van der Waals surface area contributed by atoms with Gasteiger partial charge in [-0.15, -0.1) is 0 Å². The molecule has 0 atom stereocenters. The Hall–Kier alpha value is -1.87. The minimum atomic E-state index is 0.0124. The third-order valence-corrected chi connectivity index (χ3v) is 3.57. The second-order valence-corrected chi connectivity index (χ2v) is 5.52. The van der Waals surface area contributed by atoms with E-state index in [0.717, 1.165) is 15.7 Å². The SMILES string of the molecule is CN(C)c1ccc(/C=C\C(=O)c2ccccc2)cc1Br. The van der Waals surface area contributed by atoms with E-state index < -0.39 is 0 Å². The number of nitrogens with zero attached hydrogens (tertiary/aromatic N) is 1. The summed E-state index contributed by atoms with van der Waals surface area (Å²) >= 11 is 3.54. The lowest BCUT2D eigenvalue weighted by atomic mass is 10.1. The second kappa shape index (κ2) is 6.53. The zero-order chi connectivity index (χ0) is 14.5. The van der Waals surface area contributed by atoms with Gasteiger partial charge < -0.3 is 4.90 Å². The molecule has 2 aromatic rings. The molecule has 0 radical (unpaired) electrons. The second-order valence-electron chi connectivity index (χ2n) is 4.67. The minimum Gasteiger partial charge on any atom is -0.377 e. The molecule has 0 N–H and O–H groups in total. The van der Waals surface area contributed by atoms with Crippen LogP contribution in [0.4, 0.5) is 5.69 Å². The quantitative estimate of drug-likeness (QED) is 0.611. The lowest BCUT2D eigenvalue weighted by molar-refractivity contribution is 0.104. The summed E-state index contributed by atoms with van der Waals surface area (Å²) in [5.74, 6) is 0.0124. The fourth-order valence-electron chi connectivity index (χ4n) is 1.86. The molecule has 2 aromatic carbocycles. The number of hydrogen-bond donors (Lipinski definition) is 0. The zero-order valence-corrected chi connectivity index (χ0v) is 13.1. The highest BCUT2D eigenvalue weighted by Crippen LogP contribution is 2.26. The Kier molecular flexibility index (Phi) is 4.74. The van der Waals surface area contributed by atoms with E-state index in [1.165, 1.54) is 0 Å². The number of allylic oxidation sites excluding steroid dienone is 1. The van der Waals surface area contributed by atoms with Crippen molar-refractivity contribution in [3.05, 3.63) is 70.2 Å². The van der Waals surface area contributed by atoms with Gasteiger partial charge in [-0.25, -0.2) is 0 Å². The van der Waals surface area contributed by atoms with Gasteiger partial charge in [-0.05, 0) is 39.7 Å². The van der Waals surface area contributed by atoms with Gasteiger partial charge in [-0.1, -0.05) is 42.5 Å². The van der Waals surface area contributed by atoms with Crippen LogP contribution in [0, 0.1) is 0 Å². The van der Waals surface area contributed by atoms with Crippen LogP contribution in [0.1, 0.15) is 15.9 Å². The first-order valence-corrected chi connectivity index (χ1v) is 7.11. The van der Waals surface area contributed by atoms with Crippen molar-refractivity contribution in [2.75, 3.05) is 19.0 Å². The van der Waals surface area contributed by atoms with E-state index in [0.29, 0.717) is 5.56 Å². The maximum Gasteiger partial charge on any atom is 0.185 e. The van der Waals surface area contributed by atoms with E-state index >= 15 is 0 Å². The Labute approximate surface area is 127 Å². The lowest BCUT2D eigenvalue weighted by Crippen LogP contribution is -2.09. The average Bonchev–Trinajstić information content (AvgIpc) is 2.45. The highest BCUT2D eigenvalue weighted by atomic mass is 79.9. The van der Waals surface area contributed by atoms with Crippen molar-refractivity contribution in [3.8, 4) is 0 Å². The molecule has 3 heteroatoms.